The third-order valence-electron chi connectivity index (χ3n) is 4.77. The van der Waals surface area contributed by atoms with E-state index in [4.69, 9.17) is 23.2 Å². The Morgan fingerprint density at radius 1 is 0.933 bits per heavy atom. The van der Waals surface area contributed by atoms with Gasteiger partial charge in [-0.25, -0.2) is 9.88 Å². The fourth-order valence-corrected chi connectivity index (χ4v) is 5.95. The van der Waals surface area contributed by atoms with E-state index in [-0.39, 0.29) is 11.8 Å². The van der Waals surface area contributed by atoms with Crippen molar-refractivity contribution in [2.45, 2.75) is 10.1 Å². The van der Waals surface area contributed by atoms with E-state index in [1.54, 1.807) is 48.2 Å². The number of rotatable bonds is 4. The zero-order valence-corrected chi connectivity index (χ0v) is 18.4. The molecule has 1 aliphatic heterocycles. The molecular weight excluding hydrogens is 459 g/mol. The maximum absolute atomic E-state index is 12.7. The van der Waals surface area contributed by atoms with E-state index >= 15 is 0 Å². The average molecular weight is 471 g/mol. The number of imide groups is 1. The second-order valence-electron chi connectivity index (χ2n) is 6.65. The van der Waals surface area contributed by atoms with Gasteiger partial charge in [-0.2, -0.15) is 0 Å². The Morgan fingerprint density at radius 2 is 1.67 bits per heavy atom. The highest BCUT2D eigenvalue weighted by molar-refractivity contribution is 8.00. The Morgan fingerprint density at radius 3 is 2.37 bits per heavy atom. The maximum Gasteiger partial charge on any atom is 0.266 e. The number of thiazole rings is 1. The SMILES string of the molecule is O=C1c2ccccc2C(=O)N1c1ccc2nc(SCc3ccc(Cl)cc3Cl)sc2c1. The van der Waals surface area contributed by atoms with Crippen molar-refractivity contribution in [3.8, 4) is 0 Å². The molecule has 1 aliphatic rings. The number of anilines is 1. The van der Waals surface area contributed by atoms with E-state index < -0.39 is 0 Å². The molecule has 0 spiro atoms. The van der Waals surface area contributed by atoms with E-state index in [1.165, 1.54) is 16.2 Å². The van der Waals surface area contributed by atoms with E-state index in [9.17, 15) is 9.59 Å². The predicted octanol–water partition coefficient (Wildman–Crippen LogP) is 6.70. The van der Waals surface area contributed by atoms with Crippen LogP contribution in [-0.2, 0) is 5.75 Å². The first-order valence-corrected chi connectivity index (χ1v) is 11.5. The Kier molecular flexibility index (Phi) is 5.03. The van der Waals surface area contributed by atoms with Crippen LogP contribution in [-0.4, -0.2) is 16.8 Å². The van der Waals surface area contributed by atoms with Crippen molar-refractivity contribution in [1.82, 2.24) is 4.98 Å². The molecule has 148 valence electrons. The van der Waals surface area contributed by atoms with Gasteiger partial charge in [-0.05, 0) is 48.0 Å². The molecule has 8 heteroatoms. The van der Waals surface area contributed by atoms with E-state index in [1.807, 2.05) is 24.3 Å². The molecule has 0 unspecified atom stereocenters. The number of carbonyl (C=O) groups excluding carboxylic acids is 2. The summed E-state index contributed by atoms with van der Waals surface area (Å²) in [6.45, 7) is 0. The van der Waals surface area contributed by atoms with Gasteiger partial charge >= 0.3 is 0 Å². The van der Waals surface area contributed by atoms with E-state index in [2.05, 4.69) is 4.98 Å². The number of nitrogens with zero attached hydrogens (tertiary/aromatic N) is 2. The van der Waals surface area contributed by atoms with Gasteiger partial charge in [-0.15, -0.1) is 11.3 Å². The molecule has 3 aromatic carbocycles. The minimum absolute atomic E-state index is 0.300. The zero-order chi connectivity index (χ0) is 20.8. The van der Waals surface area contributed by atoms with Gasteiger partial charge in [0.1, 0.15) is 0 Å². The summed E-state index contributed by atoms with van der Waals surface area (Å²) in [5, 5.41) is 1.23. The maximum atomic E-state index is 12.7. The van der Waals surface area contributed by atoms with Crippen LogP contribution in [0.1, 0.15) is 26.3 Å². The Balaban J connectivity index is 1.41. The van der Waals surface area contributed by atoms with Crippen LogP contribution in [0.3, 0.4) is 0 Å². The minimum Gasteiger partial charge on any atom is -0.268 e. The summed E-state index contributed by atoms with van der Waals surface area (Å²) >= 11 is 15.3. The van der Waals surface area contributed by atoms with Crippen LogP contribution >= 0.6 is 46.3 Å². The van der Waals surface area contributed by atoms with Gasteiger partial charge in [0.25, 0.3) is 11.8 Å². The van der Waals surface area contributed by atoms with Crippen molar-refractivity contribution < 1.29 is 9.59 Å². The van der Waals surface area contributed by atoms with Gasteiger partial charge in [0.05, 0.1) is 27.0 Å². The fraction of sp³-hybridized carbons (Fsp3) is 0.0455. The Labute approximate surface area is 190 Å². The number of amides is 2. The Bertz CT molecular complexity index is 1300. The second-order valence-corrected chi connectivity index (χ2v) is 9.74. The molecule has 0 aliphatic carbocycles. The first-order valence-electron chi connectivity index (χ1n) is 8.96. The number of hydrogen-bond donors (Lipinski definition) is 0. The number of fused-ring (bicyclic) bond motifs is 2. The van der Waals surface area contributed by atoms with Gasteiger partial charge in [0.2, 0.25) is 0 Å². The summed E-state index contributed by atoms with van der Waals surface area (Å²) in [5.74, 6) is 0.0686. The van der Waals surface area contributed by atoms with Crippen LogP contribution in [0.15, 0.2) is 65.0 Å². The van der Waals surface area contributed by atoms with Crippen molar-refractivity contribution in [3.63, 3.8) is 0 Å². The van der Waals surface area contributed by atoms with Crippen LogP contribution in [0.2, 0.25) is 10.0 Å². The van der Waals surface area contributed by atoms with Crippen molar-refractivity contribution >= 4 is 74.0 Å². The second kappa shape index (κ2) is 7.71. The molecule has 4 aromatic rings. The number of benzene rings is 3. The molecule has 4 nitrogen and oxygen atoms in total. The molecule has 0 saturated heterocycles. The molecule has 30 heavy (non-hydrogen) atoms. The van der Waals surface area contributed by atoms with Gasteiger partial charge in [-0.1, -0.05) is 53.2 Å². The minimum atomic E-state index is -0.300. The summed E-state index contributed by atoms with van der Waals surface area (Å²) in [4.78, 5) is 31.3. The lowest BCUT2D eigenvalue weighted by atomic mass is 10.1. The molecule has 0 fully saturated rings. The number of halogens is 2. The molecule has 5 rings (SSSR count). The van der Waals surface area contributed by atoms with E-state index in [0.29, 0.717) is 32.6 Å². The highest BCUT2D eigenvalue weighted by atomic mass is 35.5. The summed E-state index contributed by atoms with van der Waals surface area (Å²) in [5.41, 5.74) is 3.22. The molecule has 0 atom stereocenters. The van der Waals surface area contributed by atoms with Crippen molar-refractivity contribution in [2.75, 3.05) is 4.90 Å². The molecule has 2 heterocycles. The van der Waals surface area contributed by atoms with Crippen LogP contribution < -0.4 is 4.90 Å². The molecular formula is C22H12Cl2N2O2S2. The van der Waals surface area contributed by atoms with Gasteiger partial charge in [-0.3, -0.25) is 9.59 Å². The fourth-order valence-electron chi connectivity index (χ4n) is 3.29. The highest BCUT2D eigenvalue weighted by Gasteiger charge is 2.36. The molecule has 0 radical (unpaired) electrons. The number of thioether (sulfide) groups is 1. The van der Waals surface area contributed by atoms with Crippen molar-refractivity contribution in [3.05, 3.63) is 87.4 Å². The normalized spacial score (nSPS) is 13.3. The summed E-state index contributed by atoms with van der Waals surface area (Å²) < 4.78 is 1.80. The monoisotopic (exact) mass is 470 g/mol. The number of aromatic nitrogens is 1. The van der Waals surface area contributed by atoms with Gasteiger partial charge < -0.3 is 0 Å². The predicted molar refractivity (Wildman–Crippen MR) is 123 cm³/mol. The third kappa shape index (κ3) is 3.40. The highest BCUT2D eigenvalue weighted by Crippen LogP contribution is 2.36. The van der Waals surface area contributed by atoms with Gasteiger partial charge in [0.15, 0.2) is 4.34 Å². The molecule has 1 aromatic heterocycles. The molecule has 0 bridgehead atoms. The van der Waals surface area contributed by atoms with Gasteiger partial charge in [0, 0.05) is 15.8 Å². The first-order chi connectivity index (χ1) is 14.5. The number of carbonyl (C=O) groups is 2. The third-order valence-corrected chi connectivity index (χ3v) is 7.57. The topological polar surface area (TPSA) is 50.3 Å². The summed E-state index contributed by atoms with van der Waals surface area (Å²) in [6, 6.07) is 17.8. The molecule has 0 N–H and O–H groups in total. The molecule has 0 saturated carbocycles. The van der Waals surface area contributed by atoms with Crippen LogP contribution in [0.25, 0.3) is 10.2 Å². The smallest absolute Gasteiger partial charge is 0.266 e. The first kappa shape index (κ1) is 19.6. The summed E-state index contributed by atoms with van der Waals surface area (Å²) in [6.07, 6.45) is 0. The molecule has 2 amide bonds. The van der Waals surface area contributed by atoms with Crippen LogP contribution in [0.4, 0.5) is 5.69 Å². The lowest BCUT2D eigenvalue weighted by Crippen LogP contribution is -2.29. The standard InChI is InChI=1S/C22H12Cl2N2O2S2/c23-13-6-5-12(17(24)9-13)11-29-22-25-18-8-7-14(10-19(18)30-22)26-20(27)15-3-1-2-4-16(15)21(26)28/h1-10H,11H2. The lowest BCUT2D eigenvalue weighted by Gasteiger charge is -2.13. The number of hydrogen-bond acceptors (Lipinski definition) is 5. The largest absolute Gasteiger partial charge is 0.268 e. The lowest BCUT2D eigenvalue weighted by molar-refractivity contribution is 0.0926. The van der Waals surface area contributed by atoms with Crippen LogP contribution in [0, 0.1) is 0 Å². The van der Waals surface area contributed by atoms with E-state index in [0.717, 1.165) is 20.1 Å². The zero-order valence-electron chi connectivity index (χ0n) is 15.3. The van der Waals surface area contributed by atoms with Crippen LogP contribution in [0.5, 0.6) is 0 Å². The van der Waals surface area contributed by atoms with Crippen molar-refractivity contribution in [2.24, 2.45) is 0 Å². The Hall–Kier alpha value is -2.38. The van der Waals surface area contributed by atoms with Crippen molar-refractivity contribution in [1.29, 1.82) is 0 Å². The quantitative estimate of drug-likeness (QED) is 0.246. The summed E-state index contributed by atoms with van der Waals surface area (Å²) in [7, 11) is 0. The average Bonchev–Trinajstić information content (AvgIpc) is 3.25.